The Balaban J connectivity index is 1.45. The van der Waals surface area contributed by atoms with E-state index in [-0.39, 0.29) is 12.5 Å². The molecule has 0 spiro atoms. The lowest BCUT2D eigenvalue weighted by molar-refractivity contribution is -0.118. The number of ether oxygens (including phenoxy) is 1. The fraction of sp³-hybridized carbons (Fsp3) is 0.167. The molecular weight excluding hydrogens is 320 g/mol. The minimum atomic E-state index is -0.300. The van der Waals surface area contributed by atoms with E-state index in [2.05, 4.69) is 20.8 Å². The second-order valence-corrected chi connectivity index (χ2v) is 5.39. The Hall–Kier alpha value is -3.35. The fourth-order valence-electron chi connectivity index (χ4n) is 2.05. The molecule has 0 bridgehead atoms. The first-order valence-electron chi connectivity index (χ1n) is 7.78. The van der Waals surface area contributed by atoms with E-state index < -0.39 is 0 Å². The van der Waals surface area contributed by atoms with Crippen LogP contribution < -0.4 is 15.4 Å². The van der Waals surface area contributed by atoms with E-state index in [1.54, 1.807) is 18.4 Å². The Kier molecular flexibility index (Phi) is 5.26. The maximum Gasteiger partial charge on any atom is 0.263 e. The summed E-state index contributed by atoms with van der Waals surface area (Å²) < 4.78 is 10.6. The van der Waals surface area contributed by atoms with E-state index in [4.69, 9.17) is 9.15 Å². The van der Waals surface area contributed by atoms with Crippen LogP contribution in [0.15, 0.2) is 59.2 Å². The maximum absolute atomic E-state index is 11.9. The molecule has 1 amide bonds. The molecule has 0 saturated carbocycles. The van der Waals surface area contributed by atoms with Crippen LogP contribution in [-0.2, 0) is 11.3 Å². The normalized spacial score (nSPS) is 10.3. The molecule has 3 aromatic rings. The van der Waals surface area contributed by atoms with Crippen molar-refractivity contribution in [3.63, 3.8) is 0 Å². The van der Waals surface area contributed by atoms with Crippen LogP contribution in [0.5, 0.6) is 5.75 Å². The third-order valence-electron chi connectivity index (χ3n) is 3.35. The van der Waals surface area contributed by atoms with Crippen molar-refractivity contribution in [2.75, 3.05) is 17.2 Å². The van der Waals surface area contributed by atoms with Crippen LogP contribution in [0.3, 0.4) is 0 Å². The predicted octanol–water partition coefficient (Wildman–Crippen LogP) is 3.01. The van der Waals surface area contributed by atoms with E-state index >= 15 is 0 Å². The van der Waals surface area contributed by atoms with Gasteiger partial charge in [-0.1, -0.05) is 17.7 Å². The van der Waals surface area contributed by atoms with E-state index in [9.17, 15) is 4.79 Å². The summed E-state index contributed by atoms with van der Waals surface area (Å²) >= 11 is 0. The summed E-state index contributed by atoms with van der Waals surface area (Å²) in [5.41, 5.74) is 1.13. The van der Waals surface area contributed by atoms with Crippen molar-refractivity contribution in [3.8, 4) is 5.75 Å². The minimum Gasteiger partial charge on any atom is -0.484 e. The SMILES string of the molecule is Cc1ccc(OCC(=O)Nc2ccc(NCc3ccco3)nn2)cc1. The molecule has 1 aromatic carbocycles. The monoisotopic (exact) mass is 338 g/mol. The zero-order valence-corrected chi connectivity index (χ0v) is 13.7. The number of amides is 1. The van der Waals surface area contributed by atoms with E-state index in [1.807, 2.05) is 43.3 Å². The van der Waals surface area contributed by atoms with Crippen LogP contribution in [0, 0.1) is 6.92 Å². The van der Waals surface area contributed by atoms with Crippen LogP contribution in [0.4, 0.5) is 11.6 Å². The first kappa shape index (κ1) is 16.5. The van der Waals surface area contributed by atoms with Crippen LogP contribution in [0.1, 0.15) is 11.3 Å². The van der Waals surface area contributed by atoms with Crippen molar-refractivity contribution in [2.24, 2.45) is 0 Å². The number of rotatable bonds is 7. The summed E-state index contributed by atoms with van der Waals surface area (Å²) in [4.78, 5) is 11.9. The van der Waals surface area contributed by atoms with Gasteiger partial charge in [0.15, 0.2) is 12.4 Å². The quantitative estimate of drug-likeness (QED) is 0.688. The molecule has 0 aliphatic carbocycles. The number of aryl methyl sites for hydroxylation is 1. The molecular formula is C18H18N4O3. The number of hydrogen-bond acceptors (Lipinski definition) is 6. The number of hydrogen-bond donors (Lipinski definition) is 2. The van der Waals surface area contributed by atoms with Crippen molar-refractivity contribution in [1.29, 1.82) is 0 Å². The van der Waals surface area contributed by atoms with Crippen molar-refractivity contribution in [2.45, 2.75) is 13.5 Å². The van der Waals surface area contributed by atoms with Gasteiger partial charge in [0.2, 0.25) is 0 Å². The molecule has 0 aliphatic rings. The van der Waals surface area contributed by atoms with Crippen molar-refractivity contribution in [3.05, 3.63) is 66.1 Å². The number of nitrogens with one attached hydrogen (secondary N) is 2. The molecule has 128 valence electrons. The van der Waals surface area contributed by atoms with E-state index in [0.717, 1.165) is 11.3 Å². The van der Waals surface area contributed by atoms with Crippen LogP contribution in [-0.4, -0.2) is 22.7 Å². The molecule has 7 nitrogen and oxygen atoms in total. The highest BCUT2D eigenvalue weighted by atomic mass is 16.5. The molecule has 0 atom stereocenters. The summed E-state index contributed by atoms with van der Waals surface area (Å²) in [6.45, 7) is 2.41. The van der Waals surface area contributed by atoms with Gasteiger partial charge in [-0.15, -0.1) is 10.2 Å². The number of aromatic nitrogens is 2. The van der Waals surface area contributed by atoms with Gasteiger partial charge in [0.05, 0.1) is 12.8 Å². The van der Waals surface area contributed by atoms with Gasteiger partial charge >= 0.3 is 0 Å². The summed E-state index contributed by atoms with van der Waals surface area (Å²) in [7, 11) is 0. The standard InChI is InChI=1S/C18H18N4O3/c1-13-4-6-14(7-5-13)25-12-18(23)20-17-9-8-16(21-22-17)19-11-15-3-2-10-24-15/h2-10H,11-12H2,1H3,(H,19,21)(H,20,22,23). The van der Waals surface area contributed by atoms with Crippen molar-refractivity contribution < 1.29 is 13.9 Å². The number of anilines is 2. The number of benzene rings is 1. The molecule has 0 saturated heterocycles. The molecule has 0 radical (unpaired) electrons. The lowest BCUT2D eigenvalue weighted by Crippen LogP contribution is -2.21. The first-order chi connectivity index (χ1) is 12.2. The Labute approximate surface area is 145 Å². The first-order valence-corrected chi connectivity index (χ1v) is 7.78. The molecule has 25 heavy (non-hydrogen) atoms. The molecule has 2 N–H and O–H groups in total. The second kappa shape index (κ2) is 7.96. The summed E-state index contributed by atoms with van der Waals surface area (Å²) in [5.74, 6) is 2.09. The second-order valence-electron chi connectivity index (χ2n) is 5.39. The molecule has 2 heterocycles. The van der Waals surface area contributed by atoms with Crippen LogP contribution in [0.2, 0.25) is 0 Å². The highest BCUT2D eigenvalue weighted by molar-refractivity contribution is 5.90. The average molecular weight is 338 g/mol. The Morgan fingerprint density at radius 3 is 2.52 bits per heavy atom. The zero-order valence-electron chi connectivity index (χ0n) is 13.7. The molecule has 7 heteroatoms. The van der Waals surface area contributed by atoms with Gasteiger partial charge in [0.1, 0.15) is 17.3 Å². The van der Waals surface area contributed by atoms with Gasteiger partial charge in [-0.25, -0.2) is 0 Å². The zero-order chi connectivity index (χ0) is 17.5. The van der Waals surface area contributed by atoms with Gasteiger partial charge in [-0.05, 0) is 43.3 Å². The molecule has 0 unspecified atom stereocenters. The molecule has 0 fully saturated rings. The predicted molar refractivity (Wildman–Crippen MR) is 93.4 cm³/mol. The molecule has 2 aromatic heterocycles. The van der Waals surface area contributed by atoms with E-state index in [1.165, 1.54) is 0 Å². The van der Waals surface area contributed by atoms with Crippen molar-refractivity contribution in [1.82, 2.24) is 10.2 Å². The van der Waals surface area contributed by atoms with Gasteiger partial charge in [-0.3, -0.25) is 4.79 Å². The number of carbonyl (C=O) groups excluding carboxylic acids is 1. The minimum absolute atomic E-state index is 0.0940. The van der Waals surface area contributed by atoms with Crippen molar-refractivity contribution >= 4 is 17.5 Å². The fourth-order valence-corrected chi connectivity index (χ4v) is 2.05. The third kappa shape index (κ3) is 5.07. The molecule has 0 aliphatic heterocycles. The Morgan fingerprint density at radius 2 is 1.84 bits per heavy atom. The third-order valence-corrected chi connectivity index (χ3v) is 3.35. The summed E-state index contributed by atoms with van der Waals surface area (Å²) in [5, 5.41) is 13.7. The Bertz CT molecular complexity index is 799. The smallest absolute Gasteiger partial charge is 0.263 e. The highest BCUT2D eigenvalue weighted by Crippen LogP contribution is 2.12. The van der Waals surface area contributed by atoms with Crippen LogP contribution in [0.25, 0.3) is 0 Å². The number of nitrogens with zero attached hydrogens (tertiary/aromatic N) is 2. The lowest BCUT2D eigenvalue weighted by Gasteiger charge is -2.07. The summed E-state index contributed by atoms with van der Waals surface area (Å²) in [6.07, 6.45) is 1.61. The number of furan rings is 1. The van der Waals surface area contributed by atoms with Gasteiger partial charge in [0, 0.05) is 0 Å². The van der Waals surface area contributed by atoms with E-state index in [0.29, 0.717) is 23.9 Å². The lowest BCUT2D eigenvalue weighted by atomic mass is 10.2. The largest absolute Gasteiger partial charge is 0.484 e. The highest BCUT2D eigenvalue weighted by Gasteiger charge is 2.06. The Morgan fingerprint density at radius 1 is 1.08 bits per heavy atom. The topological polar surface area (TPSA) is 89.3 Å². The van der Waals surface area contributed by atoms with Gasteiger partial charge in [0.25, 0.3) is 5.91 Å². The average Bonchev–Trinajstić information content (AvgIpc) is 3.14. The van der Waals surface area contributed by atoms with Gasteiger partial charge in [-0.2, -0.15) is 0 Å². The summed E-state index contributed by atoms with van der Waals surface area (Å²) in [6, 6.07) is 14.6. The molecule has 3 rings (SSSR count). The van der Waals surface area contributed by atoms with Gasteiger partial charge < -0.3 is 19.8 Å². The van der Waals surface area contributed by atoms with Crippen LogP contribution >= 0.6 is 0 Å². The maximum atomic E-state index is 11.9. The number of carbonyl (C=O) groups is 1.